The Morgan fingerprint density at radius 2 is 1.81 bits per heavy atom. The van der Waals surface area contributed by atoms with Gasteiger partial charge in [-0.25, -0.2) is 0 Å². The smallest absolute Gasteiger partial charge is 0.184 e. The van der Waals surface area contributed by atoms with E-state index in [-0.39, 0.29) is 16.2 Å². The van der Waals surface area contributed by atoms with Crippen LogP contribution < -0.4 is 11.2 Å². The standard InChI is InChI=1S/C10H20N4OS/c1-9(2)5-7(12-13-8(11)16)6-10(3,4)14(9)15/h15H,5-6H2,1-4H3,(H3,11,13,16). The summed E-state index contributed by atoms with van der Waals surface area (Å²) in [5, 5.41) is 15.8. The van der Waals surface area contributed by atoms with Crippen LogP contribution in [0.15, 0.2) is 5.10 Å². The minimum atomic E-state index is -0.335. The van der Waals surface area contributed by atoms with Gasteiger partial charge in [0.25, 0.3) is 0 Å². The summed E-state index contributed by atoms with van der Waals surface area (Å²) in [5.74, 6) is 0. The third kappa shape index (κ3) is 2.90. The highest BCUT2D eigenvalue weighted by Gasteiger charge is 2.43. The summed E-state index contributed by atoms with van der Waals surface area (Å²) < 4.78 is 0. The molecule has 0 atom stereocenters. The zero-order valence-electron chi connectivity index (χ0n) is 10.2. The Morgan fingerprint density at radius 1 is 1.38 bits per heavy atom. The summed E-state index contributed by atoms with van der Waals surface area (Å²) in [5.41, 5.74) is 8.22. The predicted octanol–water partition coefficient (Wildman–Crippen LogP) is 1.22. The van der Waals surface area contributed by atoms with Gasteiger partial charge in [-0.3, -0.25) is 5.43 Å². The molecule has 1 aliphatic rings. The van der Waals surface area contributed by atoms with Crippen LogP contribution in [0.2, 0.25) is 0 Å². The number of nitrogens with one attached hydrogen (secondary N) is 1. The highest BCUT2D eigenvalue weighted by atomic mass is 32.1. The number of nitrogens with two attached hydrogens (primary N) is 1. The van der Waals surface area contributed by atoms with Gasteiger partial charge in [-0.15, -0.1) is 0 Å². The first-order valence-electron chi connectivity index (χ1n) is 5.25. The molecule has 0 amide bonds. The molecule has 1 heterocycles. The van der Waals surface area contributed by atoms with E-state index in [0.717, 1.165) is 5.71 Å². The molecule has 0 spiro atoms. The Morgan fingerprint density at radius 3 is 2.19 bits per heavy atom. The molecule has 1 saturated heterocycles. The van der Waals surface area contributed by atoms with Gasteiger partial charge in [-0.2, -0.15) is 10.2 Å². The molecule has 0 unspecified atom stereocenters. The van der Waals surface area contributed by atoms with Gasteiger partial charge in [0, 0.05) is 29.6 Å². The van der Waals surface area contributed by atoms with Gasteiger partial charge in [0.2, 0.25) is 0 Å². The Hall–Kier alpha value is -0.720. The van der Waals surface area contributed by atoms with Crippen LogP contribution in [0, 0.1) is 0 Å². The van der Waals surface area contributed by atoms with Crippen molar-refractivity contribution in [2.24, 2.45) is 10.8 Å². The van der Waals surface area contributed by atoms with Crippen molar-refractivity contribution in [3.05, 3.63) is 0 Å². The highest BCUT2D eigenvalue weighted by Crippen LogP contribution is 2.34. The highest BCUT2D eigenvalue weighted by molar-refractivity contribution is 7.80. The number of hydrogen-bond acceptors (Lipinski definition) is 4. The van der Waals surface area contributed by atoms with Crippen molar-refractivity contribution in [1.29, 1.82) is 0 Å². The first-order valence-corrected chi connectivity index (χ1v) is 5.66. The van der Waals surface area contributed by atoms with E-state index in [0.29, 0.717) is 12.8 Å². The second-order valence-corrected chi connectivity index (χ2v) is 5.88. The van der Waals surface area contributed by atoms with Gasteiger partial charge in [-0.1, -0.05) is 0 Å². The lowest BCUT2D eigenvalue weighted by atomic mass is 9.81. The number of rotatable bonds is 1. The monoisotopic (exact) mass is 244 g/mol. The Bertz CT molecular complexity index is 305. The number of piperidine rings is 1. The lowest BCUT2D eigenvalue weighted by Crippen LogP contribution is -2.59. The maximum absolute atomic E-state index is 10.1. The summed E-state index contributed by atoms with van der Waals surface area (Å²) >= 11 is 4.70. The van der Waals surface area contributed by atoms with Crippen LogP contribution in [0.3, 0.4) is 0 Å². The fourth-order valence-corrected chi connectivity index (χ4v) is 2.29. The van der Waals surface area contributed by atoms with Crippen molar-refractivity contribution >= 4 is 23.0 Å². The number of thiocarbonyl (C=S) groups is 1. The van der Waals surface area contributed by atoms with Gasteiger partial charge in [0.05, 0.1) is 0 Å². The van der Waals surface area contributed by atoms with Gasteiger partial charge in [0.1, 0.15) is 0 Å². The normalized spacial score (nSPS) is 23.9. The number of nitrogens with zero attached hydrogens (tertiary/aromatic N) is 2. The average Bonchev–Trinajstić information content (AvgIpc) is 2.10. The second-order valence-electron chi connectivity index (χ2n) is 5.44. The van der Waals surface area contributed by atoms with Crippen LogP contribution in [0.25, 0.3) is 0 Å². The summed E-state index contributed by atoms with van der Waals surface area (Å²) in [7, 11) is 0. The predicted molar refractivity (Wildman–Crippen MR) is 68.4 cm³/mol. The van der Waals surface area contributed by atoms with E-state index in [1.807, 2.05) is 27.7 Å². The fraction of sp³-hybridized carbons (Fsp3) is 0.800. The lowest BCUT2D eigenvalue weighted by molar-refractivity contribution is -0.226. The molecule has 0 aromatic carbocycles. The largest absolute Gasteiger partial charge is 0.375 e. The van der Waals surface area contributed by atoms with E-state index in [1.165, 1.54) is 5.06 Å². The molecule has 1 rings (SSSR count). The molecular formula is C10H20N4OS. The van der Waals surface area contributed by atoms with E-state index < -0.39 is 0 Å². The molecule has 0 radical (unpaired) electrons. The maximum atomic E-state index is 10.1. The molecule has 16 heavy (non-hydrogen) atoms. The summed E-state index contributed by atoms with van der Waals surface area (Å²) in [4.78, 5) is 0. The fourth-order valence-electron chi connectivity index (χ4n) is 2.24. The third-order valence-corrected chi connectivity index (χ3v) is 2.84. The zero-order chi connectivity index (χ0) is 12.6. The molecule has 92 valence electrons. The minimum absolute atomic E-state index is 0.162. The van der Waals surface area contributed by atoms with E-state index in [1.54, 1.807) is 0 Å². The van der Waals surface area contributed by atoms with E-state index in [2.05, 4.69) is 10.5 Å². The zero-order valence-corrected chi connectivity index (χ0v) is 11.1. The summed E-state index contributed by atoms with van der Waals surface area (Å²) in [6.45, 7) is 7.91. The number of hydroxylamine groups is 2. The molecule has 4 N–H and O–H groups in total. The molecule has 0 aromatic heterocycles. The van der Waals surface area contributed by atoms with Gasteiger partial charge in [-0.05, 0) is 39.9 Å². The Balaban J connectivity index is 2.86. The lowest BCUT2D eigenvalue weighted by Gasteiger charge is -2.48. The maximum Gasteiger partial charge on any atom is 0.184 e. The van der Waals surface area contributed by atoms with E-state index in [9.17, 15) is 5.21 Å². The molecule has 0 aliphatic carbocycles. The SMILES string of the molecule is CC1(C)CC(=NNC(N)=S)CC(C)(C)N1O. The Kier molecular flexibility index (Phi) is 3.56. The van der Waals surface area contributed by atoms with Crippen molar-refractivity contribution in [3.63, 3.8) is 0 Å². The number of hydrogen-bond donors (Lipinski definition) is 3. The van der Waals surface area contributed by atoms with Crippen molar-refractivity contribution in [2.45, 2.75) is 51.6 Å². The summed E-state index contributed by atoms with van der Waals surface area (Å²) in [6.07, 6.45) is 1.37. The topological polar surface area (TPSA) is 73.9 Å². The number of hydrazone groups is 1. The van der Waals surface area contributed by atoms with Crippen molar-refractivity contribution in [3.8, 4) is 0 Å². The molecular weight excluding hydrogens is 224 g/mol. The average molecular weight is 244 g/mol. The minimum Gasteiger partial charge on any atom is -0.375 e. The van der Waals surface area contributed by atoms with Gasteiger partial charge >= 0.3 is 0 Å². The van der Waals surface area contributed by atoms with Crippen LogP contribution >= 0.6 is 12.2 Å². The quantitative estimate of drug-likeness (QED) is 0.478. The first-order chi connectivity index (χ1) is 7.15. The third-order valence-electron chi connectivity index (χ3n) is 2.74. The van der Waals surface area contributed by atoms with Crippen molar-refractivity contribution < 1.29 is 5.21 Å². The van der Waals surface area contributed by atoms with Gasteiger partial charge < -0.3 is 10.9 Å². The molecule has 1 aliphatic heterocycles. The van der Waals surface area contributed by atoms with E-state index >= 15 is 0 Å². The first kappa shape index (κ1) is 13.3. The molecule has 0 bridgehead atoms. The second kappa shape index (κ2) is 4.27. The van der Waals surface area contributed by atoms with Crippen LogP contribution in [-0.4, -0.2) is 32.2 Å². The molecule has 5 nitrogen and oxygen atoms in total. The van der Waals surface area contributed by atoms with Crippen molar-refractivity contribution in [1.82, 2.24) is 10.5 Å². The van der Waals surface area contributed by atoms with E-state index in [4.69, 9.17) is 18.0 Å². The molecule has 0 aromatic rings. The Labute approximate surface area is 102 Å². The van der Waals surface area contributed by atoms with Crippen LogP contribution in [0.4, 0.5) is 0 Å². The molecule has 0 saturated carbocycles. The van der Waals surface area contributed by atoms with Crippen LogP contribution in [-0.2, 0) is 0 Å². The molecule has 6 heteroatoms. The van der Waals surface area contributed by atoms with Crippen LogP contribution in [0.5, 0.6) is 0 Å². The van der Waals surface area contributed by atoms with Gasteiger partial charge in [0.15, 0.2) is 5.11 Å². The summed E-state index contributed by atoms with van der Waals surface area (Å²) in [6, 6.07) is 0. The van der Waals surface area contributed by atoms with Crippen LogP contribution in [0.1, 0.15) is 40.5 Å². The van der Waals surface area contributed by atoms with Crippen molar-refractivity contribution in [2.75, 3.05) is 0 Å². The molecule has 1 fully saturated rings.